The molecule has 1 aliphatic rings. The molecule has 4 N–H and O–H groups in total. The third kappa shape index (κ3) is 5.41. The summed E-state index contributed by atoms with van der Waals surface area (Å²) < 4.78 is 11.2. The Labute approximate surface area is 220 Å². The largest absolute Gasteiger partial charge is 0.479 e. The fourth-order valence-corrected chi connectivity index (χ4v) is 4.35. The van der Waals surface area contributed by atoms with Crippen LogP contribution in [0.5, 0.6) is 5.88 Å². The lowest BCUT2D eigenvalue weighted by Crippen LogP contribution is -2.46. The van der Waals surface area contributed by atoms with E-state index in [-0.39, 0.29) is 12.0 Å². The van der Waals surface area contributed by atoms with Crippen LogP contribution in [0.1, 0.15) is 0 Å². The number of morpholine rings is 1. The summed E-state index contributed by atoms with van der Waals surface area (Å²) in [7, 11) is 1.58. The summed E-state index contributed by atoms with van der Waals surface area (Å²) in [6, 6.07) is 17.3. The summed E-state index contributed by atoms with van der Waals surface area (Å²) in [6.07, 6.45) is 2.99. The Bertz CT molecular complexity index is 1480. The Morgan fingerprint density at radius 2 is 2.11 bits per heavy atom. The number of nitrogens with zero attached hydrogens (tertiary/aromatic N) is 4. The number of aromatic nitrogens is 3. The van der Waals surface area contributed by atoms with Crippen LogP contribution in [0.15, 0.2) is 73.4 Å². The van der Waals surface area contributed by atoms with Crippen LogP contribution in [0.25, 0.3) is 22.0 Å². The van der Waals surface area contributed by atoms with E-state index < -0.39 is 0 Å². The number of benzene rings is 2. The molecule has 0 bridgehead atoms. The predicted molar refractivity (Wildman–Crippen MR) is 149 cm³/mol. The van der Waals surface area contributed by atoms with Crippen molar-refractivity contribution in [3.05, 3.63) is 73.4 Å². The van der Waals surface area contributed by atoms with Crippen molar-refractivity contribution in [3.8, 4) is 17.0 Å². The minimum Gasteiger partial charge on any atom is -0.479 e. The molecule has 0 saturated carbocycles. The van der Waals surface area contributed by atoms with Crippen LogP contribution in [0, 0.1) is 0 Å². The van der Waals surface area contributed by atoms with Crippen molar-refractivity contribution in [2.75, 3.05) is 48.9 Å². The molecule has 0 aliphatic carbocycles. The highest BCUT2D eigenvalue weighted by Crippen LogP contribution is 2.32. The van der Waals surface area contributed by atoms with Gasteiger partial charge in [-0.3, -0.25) is 4.79 Å². The number of rotatable bonds is 8. The normalized spacial score (nSPS) is 15.2. The van der Waals surface area contributed by atoms with E-state index >= 15 is 0 Å². The van der Waals surface area contributed by atoms with Crippen molar-refractivity contribution in [1.29, 1.82) is 0 Å². The summed E-state index contributed by atoms with van der Waals surface area (Å²) >= 11 is 0. The van der Waals surface area contributed by atoms with Gasteiger partial charge in [-0.2, -0.15) is 4.98 Å². The SMILES string of the molecule is C=CC(=O)Nc1cccc(-c2cccc3cnc(Nc4ccc(N5CCOC(CN)C5)nc4OC)nc23)c1. The van der Waals surface area contributed by atoms with E-state index in [0.717, 1.165) is 34.4 Å². The Kier molecular flexibility index (Phi) is 7.43. The van der Waals surface area contributed by atoms with Crippen molar-refractivity contribution < 1.29 is 14.3 Å². The average Bonchev–Trinajstić information content (AvgIpc) is 2.97. The van der Waals surface area contributed by atoms with Gasteiger partial charge in [0.1, 0.15) is 11.5 Å². The molecule has 0 radical (unpaired) electrons. The van der Waals surface area contributed by atoms with Gasteiger partial charge in [0, 0.05) is 42.5 Å². The van der Waals surface area contributed by atoms with Crippen LogP contribution in [0.2, 0.25) is 0 Å². The molecule has 1 fully saturated rings. The van der Waals surface area contributed by atoms with Crippen LogP contribution >= 0.6 is 0 Å². The van der Waals surface area contributed by atoms with Crippen molar-refractivity contribution in [3.63, 3.8) is 0 Å². The second kappa shape index (κ2) is 11.2. The lowest BCUT2D eigenvalue weighted by atomic mass is 10.0. The molecule has 10 heteroatoms. The molecule has 38 heavy (non-hydrogen) atoms. The highest BCUT2D eigenvalue weighted by atomic mass is 16.5. The number of carbonyl (C=O) groups is 1. The summed E-state index contributed by atoms with van der Waals surface area (Å²) in [5.41, 5.74) is 9.69. The highest BCUT2D eigenvalue weighted by Gasteiger charge is 2.21. The number of nitrogens with two attached hydrogens (primary N) is 1. The highest BCUT2D eigenvalue weighted by molar-refractivity contribution is 6.00. The number of methoxy groups -OCH3 is 1. The molecule has 2 aromatic heterocycles. The molecule has 0 spiro atoms. The molecule has 194 valence electrons. The fraction of sp³-hybridized carbons (Fsp3) is 0.214. The second-order valence-electron chi connectivity index (χ2n) is 8.74. The zero-order valence-corrected chi connectivity index (χ0v) is 21.1. The minimum absolute atomic E-state index is 0.0199. The first kappa shape index (κ1) is 25.1. The number of nitrogens with one attached hydrogen (secondary N) is 2. The smallest absolute Gasteiger partial charge is 0.247 e. The molecule has 3 heterocycles. The van der Waals surface area contributed by atoms with E-state index in [0.29, 0.717) is 42.9 Å². The van der Waals surface area contributed by atoms with Crippen molar-refractivity contribution in [2.45, 2.75) is 6.10 Å². The molecule has 1 saturated heterocycles. The van der Waals surface area contributed by atoms with Gasteiger partial charge in [0.15, 0.2) is 0 Å². The lowest BCUT2D eigenvalue weighted by Gasteiger charge is -2.33. The molecule has 1 amide bonds. The van der Waals surface area contributed by atoms with E-state index in [9.17, 15) is 4.79 Å². The van der Waals surface area contributed by atoms with Gasteiger partial charge in [-0.15, -0.1) is 0 Å². The van der Waals surface area contributed by atoms with Crippen molar-refractivity contribution in [2.24, 2.45) is 5.73 Å². The van der Waals surface area contributed by atoms with E-state index in [1.165, 1.54) is 6.08 Å². The van der Waals surface area contributed by atoms with E-state index in [1.807, 2.05) is 54.6 Å². The number of para-hydroxylation sites is 1. The molecule has 10 nitrogen and oxygen atoms in total. The predicted octanol–water partition coefficient (Wildman–Crippen LogP) is 3.73. The van der Waals surface area contributed by atoms with E-state index in [2.05, 4.69) is 27.1 Å². The van der Waals surface area contributed by atoms with E-state index in [1.54, 1.807) is 13.3 Å². The molecule has 1 aliphatic heterocycles. The maximum Gasteiger partial charge on any atom is 0.247 e. The van der Waals surface area contributed by atoms with Crippen LogP contribution < -0.4 is 26.0 Å². The number of amides is 1. The van der Waals surface area contributed by atoms with Crippen LogP contribution in [-0.2, 0) is 9.53 Å². The summed E-state index contributed by atoms with van der Waals surface area (Å²) in [5.74, 6) is 1.36. The molecule has 4 aromatic rings. The number of anilines is 4. The Morgan fingerprint density at radius 3 is 2.92 bits per heavy atom. The number of carbonyl (C=O) groups excluding carboxylic acids is 1. The Balaban J connectivity index is 1.44. The lowest BCUT2D eigenvalue weighted by molar-refractivity contribution is -0.111. The number of hydrogen-bond donors (Lipinski definition) is 3. The van der Waals surface area contributed by atoms with Gasteiger partial charge < -0.3 is 30.7 Å². The minimum atomic E-state index is -0.268. The maximum atomic E-state index is 11.8. The number of fused-ring (bicyclic) bond motifs is 1. The van der Waals surface area contributed by atoms with Gasteiger partial charge in [0.2, 0.25) is 17.7 Å². The monoisotopic (exact) mass is 511 g/mol. The first-order valence-corrected chi connectivity index (χ1v) is 12.3. The van der Waals surface area contributed by atoms with Crippen molar-refractivity contribution in [1.82, 2.24) is 15.0 Å². The molecule has 1 atom stereocenters. The van der Waals surface area contributed by atoms with Gasteiger partial charge in [-0.25, -0.2) is 9.97 Å². The van der Waals surface area contributed by atoms with Gasteiger partial charge in [-0.1, -0.05) is 36.9 Å². The van der Waals surface area contributed by atoms with Gasteiger partial charge >= 0.3 is 0 Å². The van der Waals surface area contributed by atoms with Crippen molar-refractivity contribution >= 4 is 40.0 Å². The van der Waals surface area contributed by atoms with Gasteiger partial charge in [0.05, 0.1) is 25.3 Å². The van der Waals surface area contributed by atoms with Crippen LogP contribution in [-0.4, -0.2) is 60.3 Å². The fourth-order valence-electron chi connectivity index (χ4n) is 4.35. The maximum absolute atomic E-state index is 11.8. The average molecular weight is 512 g/mol. The zero-order chi connectivity index (χ0) is 26.5. The zero-order valence-electron chi connectivity index (χ0n) is 21.1. The third-order valence-electron chi connectivity index (χ3n) is 6.25. The quantitative estimate of drug-likeness (QED) is 0.303. The number of ether oxygens (including phenoxy) is 2. The standard InChI is InChI=1S/C28H29N7O3/c1-3-25(36)31-20-8-4-6-18(14-20)22-9-5-7-19-16-30-28(34-26(19)22)32-23-10-11-24(33-27(23)37-2)35-12-13-38-21(15-29)17-35/h3-11,14,16,21H,1,12-13,15,17,29H2,2H3,(H,31,36)(H,30,32,34). The first-order valence-electron chi connectivity index (χ1n) is 12.3. The first-order chi connectivity index (χ1) is 18.6. The number of hydrogen-bond acceptors (Lipinski definition) is 9. The Morgan fingerprint density at radius 1 is 1.24 bits per heavy atom. The third-order valence-corrected chi connectivity index (χ3v) is 6.25. The molecule has 2 aromatic carbocycles. The van der Waals surface area contributed by atoms with Crippen LogP contribution in [0.4, 0.5) is 23.1 Å². The van der Waals surface area contributed by atoms with Gasteiger partial charge in [0.25, 0.3) is 0 Å². The Hall–Kier alpha value is -4.54. The molecular weight excluding hydrogens is 482 g/mol. The summed E-state index contributed by atoms with van der Waals surface area (Å²) in [6.45, 7) is 5.97. The second-order valence-corrected chi connectivity index (χ2v) is 8.74. The molecular formula is C28H29N7O3. The molecule has 5 rings (SSSR count). The van der Waals surface area contributed by atoms with Gasteiger partial charge in [-0.05, 0) is 35.9 Å². The summed E-state index contributed by atoms with van der Waals surface area (Å²) in [5, 5.41) is 6.93. The van der Waals surface area contributed by atoms with E-state index in [4.69, 9.17) is 25.2 Å². The number of pyridine rings is 1. The summed E-state index contributed by atoms with van der Waals surface area (Å²) in [4.78, 5) is 27.9. The van der Waals surface area contributed by atoms with Crippen LogP contribution in [0.3, 0.4) is 0 Å². The topological polar surface area (TPSA) is 128 Å². The molecule has 1 unspecified atom stereocenters.